The van der Waals surface area contributed by atoms with Crippen molar-refractivity contribution in [3.05, 3.63) is 40.6 Å². The summed E-state index contributed by atoms with van der Waals surface area (Å²) in [6, 6.07) is 7.41. The first-order valence-electron chi connectivity index (χ1n) is 5.03. The number of aromatic nitrogens is 1. The lowest BCUT2D eigenvalue weighted by Crippen LogP contribution is -1.97. The third-order valence-electron chi connectivity index (χ3n) is 2.12. The smallest absolute Gasteiger partial charge is 0.246 e. The molecule has 1 aromatic heterocycles. The summed E-state index contributed by atoms with van der Waals surface area (Å²) in [4.78, 5) is 4.04. The van der Waals surface area contributed by atoms with Gasteiger partial charge >= 0.3 is 0 Å². The summed E-state index contributed by atoms with van der Waals surface area (Å²) >= 11 is 3.18. The Kier molecular flexibility index (Phi) is 3.66. The Morgan fingerprint density at radius 1 is 1.28 bits per heavy atom. The Balaban J connectivity index is 2.33. The zero-order chi connectivity index (χ0) is 13.1. The molecule has 0 aliphatic heterocycles. The number of methoxy groups -OCH3 is 1. The van der Waals surface area contributed by atoms with Gasteiger partial charge in [0.1, 0.15) is 11.6 Å². The van der Waals surface area contributed by atoms with Gasteiger partial charge in [-0.05, 0) is 18.2 Å². The van der Waals surface area contributed by atoms with E-state index in [0.29, 0.717) is 21.8 Å². The van der Waals surface area contributed by atoms with E-state index in [9.17, 15) is 4.39 Å². The molecular weight excluding hydrogens is 303 g/mol. The summed E-state index contributed by atoms with van der Waals surface area (Å²) < 4.78 is 24.2. The molecule has 2 N–H and O–H groups in total. The van der Waals surface area contributed by atoms with Crippen LogP contribution in [0.25, 0.3) is 0 Å². The highest BCUT2D eigenvalue weighted by molar-refractivity contribution is 9.10. The normalized spacial score (nSPS) is 10.2. The third-order valence-corrected chi connectivity index (χ3v) is 2.58. The van der Waals surface area contributed by atoms with Gasteiger partial charge in [-0.25, -0.2) is 4.39 Å². The minimum atomic E-state index is -0.416. The summed E-state index contributed by atoms with van der Waals surface area (Å²) in [7, 11) is 1.49. The Morgan fingerprint density at radius 2 is 2.06 bits per heavy atom. The Labute approximate surface area is 112 Å². The molecule has 0 unspecified atom stereocenters. The van der Waals surface area contributed by atoms with E-state index in [-0.39, 0.29) is 5.88 Å². The number of nitrogens with two attached hydrogens (primary N) is 1. The number of halogens is 2. The molecule has 0 bridgehead atoms. The van der Waals surface area contributed by atoms with Crippen molar-refractivity contribution in [2.24, 2.45) is 0 Å². The van der Waals surface area contributed by atoms with Gasteiger partial charge in [0.25, 0.3) is 0 Å². The van der Waals surface area contributed by atoms with Crippen molar-refractivity contribution in [1.29, 1.82) is 0 Å². The van der Waals surface area contributed by atoms with Crippen LogP contribution in [0.1, 0.15) is 0 Å². The van der Waals surface area contributed by atoms with Gasteiger partial charge in [-0.3, -0.25) is 0 Å². The standard InChI is InChI=1S/C12H10BrFN2O2/c1-17-11-3-2-10(15)12(16-11)18-9-5-7(13)4-8(14)6-9/h2-6H,15H2,1H3. The fourth-order valence-electron chi connectivity index (χ4n) is 1.33. The topological polar surface area (TPSA) is 57.4 Å². The van der Waals surface area contributed by atoms with Crippen LogP contribution >= 0.6 is 15.9 Å². The summed E-state index contributed by atoms with van der Waals surface area (Å²) in [5.41, 5.74) is 6.06. The van der Waals surface area contributed by atoms with E-state index in [4.69, 9.17) is 15.2 Å². The zero-order valence-electron chi connectivity index (χ0n) is 9.48. The number of nitrogens with zero attached hydrogens (tertiary/aromatic N) is 1. The SMILES string of the molecule is COc1ccc(N)c(Oc2cc(F)cc(Br)c2)n1. The van der Waals surface area contributed by atoms with Crippen molar-refractivity contribution in [3.8, 4) is 17.5 Å². The van der Waals surface area contributed by atoms with E-state index in [1.165, 1.54) is 19.2 Å². The maximum atomic E-state index is 13.2. The number of benzene rings is 1. The van der Waals surface area contributed by atoms with Gasteiger partial charge in [-0.15, -0.1) is 0 Å². The van der Waals surface area contributed by atoms with Gasteiger partial charge in [0.05, 0.1) is 12.8 Å². The highest BCUT2D eigenvalue weighted by atomic mass is 79.9. The van der Waals surface area contributed by atoms with Crippen molar-refractivity contribution in [2.75, 3.05) is 12.8 Å². The molecule has 0 aliphatic carbocycles. The Hall–Kier alpha value is -1.82. The second-order valence-electron chi connectivity index (χ2n) is 3.46. The van der Waals surface area contributed by atoms with Crippen molar-refractivity contribution >= 4 is 21.6 Å². The minimum absolute atomic E-state index is 0.173. The van der Waals surface area contributed by atoms with E-state index in [1.54, 1.807) is 18.2 Å². The molecule has 0 atom stereocenters. The second-order valence-corrected chi connectivity index (χ2v) is 4.37. The first kappa shape index (κ1) is 12.6. The molecule has 0 aliphatic rings. The van der Waals surface area contributed by atoms with Crippen LogP contribution in [0, 0.1) is 5.82 Å². The van der Waals surface area contributed by atoms with E-state index >= 15 is 0 Å². The maximum Gasteiger partial charge on any atom is 0.246 e. The summed E-state index contributed by atoms with van der Waals surface area (Å²) in [5, 5.41) is 0. The van der Waals surface area contributed by atoms with Gasteiger partial charge in [-0.1, -0.05) is 15.9 Å². The number of hydrogen-bond acceptors (Lipinski definition) is 4. The molecule has 18 heavy (non-hydrogen) atoms. The molecule has 2 rings (SSSR count). The number of anilines is 1. The third kappa shape index (κ3) is 2.89. The predicted octanol–water partition coefficient (Wildman–Crippen LogP) is 3.37. The molecule has 0 saturated carbocycles. The van der Waals surface area contributed by atoms with Crippen LogP contribution in [0.4, 0.5) is 10.1 Å². The lowest BCUT2D eigenvalue weighted by atomic mass is 10.3. The van der Waals surface area contributed by atoms with Gasteiger partial charge in [0, 0.05) is 16.6 Å². The molecule has 0 amide bonds. The average molecular weight is 313 g/mol. The van der Waals surface area contributed by atoms with Crippen LogP contribution in [0.15, 0.2) is 34.8 Å². The number of nitrogen functional groups attached to an aromatic ring is 1. The molecule has 0 fully saturated rings. The highest BCUT2D eigenvalue weighted by Crippen LogP contribution is 2.29. The largest absolute Gasteiger partial charge is 0.481 e. The fourth-order valence-corrected chi connectivity index (χ4v) is 1.77. The summed E-state index contributed by atoms with van der Waals surface area (Å²) in [6.07, 6.45) is 0. The predicted molar refractivity (Wildman–Crippen MR) is 69.4 cm³/mol. The van der Waals surface area contributed by atoms with E-state index in [2.05, 4.69) is 20.9 Å². The van der Waals surface area contributed by atoms with Crippen LogP contribution < -0.4 is 15.2 Å². The number of pyridine rings is 1. The molecule has 4 nitrogen and oxygen atoms in total. The lowest BCUT2D eigenvalue weighted by Gasteiger charge is -2.09. The fraction of sp³-hybridized carbons (Fsp3) is 0.0833. The van der Waals surface area contributed by atoms with Crippen molar-refractivity contribution in [1.82, 2.24) is 4.98 Å². The van der Waals surface area contributed by atoms with E-state index in [0.717, 1.165) is 0 Å². The molecule has 1 aromatic carbocycles. The molecular formula is C12H10BrFN2O2. The Morgan fingerprint density at radius 3 is 2.72 bits per heavy atom. The lowest BCUT2D eigenvalue weighted by molar-refractivity contribution is 0.383. The maximum absolute atomic E-state index is 13.2. The van der Waals surface area contributed by atoms with Crippen LogP contribution in [0.5, 0.6) is 17.5 Å². The van der Waals surface area contributed by atoms with Crippen LogP contribution in [0.3, 0.4) is 0 Å². The van der Waals surface area contributed by atoms with Gasteiger partial charge < -0.3 is 15.2 Å². The van der Waals surface area contributed by atoms with Crippen LogP contribution in [-0.2, 0) is 0 Å². The Bertz CT molecular complexity index is 558. The minimum Gasteiger partial charge on any atom is -0.481 e. The van der Waals surface area contributed by atoms with E-state index < -0.39 is 5.82 Å². The monoisotopic (exact) mass is 312 g/mol. The van der Waals surface area contributed by atoms with Crippen molar-refractivity contribution in [3.63, 3.8) is 0 Å². The van der Waals surface area contributed by atoms with Gasteiger partial charge in [0.2, 0.25) is 11.8 Å². The number of ether oxygens (including phenoxy) is 2. The average Bonchev–Trinajstić information content (AvgIpc) is 2.30. The highest BCUT2D eigenvalue weighted by Gasteiger charge is 2.08. The molecule has 0 radical (unpaired) electrons. The first-order valence-corrected chi connectivity index (χ1v) is 5.82. The van der Waals surface area contributed by atoms with Crippen molar-refractivity contribution in [2.45, 2.75) is 0 Å². The van der Waals surface area contributed by atoms with Crippen LogP contribution in [-0.4, -0.2) is 12.1 Å². The summed E-state index contributed by atoms with van der Waals surface area (Å²) in [6.45, 7) is 0. The quantitative estimate of drug-likeness (QED) is 0.944. The first-order chi connectivity index (χ1) is 8.58. The molecule has 2 aromatic rings. The number of rotatable bonds is 3. The summed E-state index contributed by atoms with van der Waals surface area (Å²) in [5.74, 6) is 0.427. The van der Waals surface area contributed by atoms with Crippen molar-refractivity contribution < 1.29 is 13.9 Å². The molecule has 0 saturated heterocycles. The van der Waals surface area contributed by atoms with Gasteiger partial charge in [0.15, 0.2) is 0 Å². The molecule has 94 valence electrons. The number of hydrogen-bond donors (Lipinski definition) is 1. The second kappa shape index (κ2) is 5.22. The van der Waals surface area contributed by atoms with E-state index in [1.807, 2.05) is 0 Å². The molecule has 0 spiro atoms. The zero-order valence-corrected chi connectivity index (χ0v) is 11.1. The van der Waals surface area contributed by atoms with Crippen LogP contribution in [0.2, 0.25) is 0 Å². The molecule has 1 heterocycles. The molecule has 6 heteroatoms. The van der Waals surface area contributed by atoms with Gasteiger partial charge in [-0.2, -0.15) is 4.98 Å².